The zero-order chi connectivity index (χ0) is 18.8. The molecular weight excluding hydrogens is 346 g/mol. The summed E-state index contributed by atoms with van der Waals surface area (Å²) in [5.74, 6) is 1.64. The minimum Gasteiger partial charge on any atom is -0.361 e. The zero-order valence-electron chi connectivity index (χ0n) is 15.3. The molecule has 1 atom stereocenters. The topological polar surface area (TPSA) is 97.3 Å². The van der Waals surface area contributed by atoms with Crippen LogP contribution in [0.4, 0.5) is 4.79 Å². The van der Waals surface area contributed by atoms with Gasteiger partial charge in [0.15, 0.2) is 0 Å². The molecule has 3 aromatic rings. The second kappa shape index (κ2) is 7.22. The minimum absolute atomic E-state index is 0.0623. The molecule has 8 nitrogen and oxygen atoms in total. The van der Waals surface area contributed by atoms with Gasteiger partial charge in [0.1, 0.15) is 11.5 Å². The van der Waals surface area contributed by atoms with E-state index in [1.165, 1.54) is 0 Å². The van der Waals surface area contributed by atoms with Gasteiger partial charge in [0, 0.05) is 18.2 Å². The molecule has 140 valence electrons. The van der Waals surface area contributed by atoms with Crippen molar-refractivity contribution in [1.82, 2.24) is 25.5 Å². The van der Waals surface area contributed by atoms with Crippen LogP contribution in [0.5, 0.6) is 0 Å². The van der Waals surface area contributed by atoms with Gasteiger partial charge < -0.3 is 19.3 Å². The molecule has 1 aliphatic heterocycles. The van der Waals surface area contributed by atoms with Gasteiger partial charge in [-0.3, -0.25) is 0 Å². The summed E-state index contributed by atoms with van der Waals surface area (Å²) in [4.78, 5) is 18.8. The summed E-state index contributed by atoms with van der Waals surface area (Å²) in [7, 11) is 0. The third-order valence-corrected chi connectivity index (χ3v) is 4.75. The molecule has 8 heteroatoms. The molecule has 1 fully saturated rings. The molecule has 3 heterocycles. The molecule has 27 heavy (non-hydrogen) atoms. The van der Waals surface area contributed by atoms with Crippen LogP contribution in [0.2, 0.25) is 0 Å². The molecule has 1 unspecified atom stereocenters. The van der Waals surface area contributed by atoms with Crippen molar-refractivity contribution in [2.45, 2.75) is 39.3 Å². The van der Waals surface area contributed by atoms with E-state index >= 15 is 0 Å². The SMILES string of the molecule is Cc1cc(C2CCCN2C(=O)NCc2nc(-c3ccccc3C)no2)no1. The van der Waals surface area contributed by atoms with Crippen LogP contribution in [0.25, 0.3) is 11.4 Å². The third-order valence-electron chi connectivity index (χ3n) is 4.75. The number of hydrogen-bond donors (Lipinski definition) is 1. The Bertz CT molecular complexity index is 948. The normalized spacial score (nSPS) is 16.7. The van der Waals surface area contributed by atoms with E-state index in [-0.39, 0.29) is 18.6 Å². The molecule has 0 spiro atoms. The Labute approximate surface area is 156 Å². The maximum absolute atomic E-state index is 12.6. The molecule has 1 saturated heterocycles. The van der Waals surface area contributed by atoms with Gasteiger partial charge in [-0.2, -0.15) is 4.98 Å². The van der Waals surface area contributed by atoms with E-state index in [9.17, 15) is 4.79 Å². The van der Waals surface area contributed by atoms with Crippen LogP contribution < -0.4 is 5.32 Å². The number of likely N-dealkylation sites (tertiary alicyclic amines) is 1. The molecule has 2 amide bonds. The summed E-state index contributed by atoms with van der Waals surface area (Å²) < 4.78 is 10.4. The number of benzene rings is 1. The lowest BCUT2D eigenvalue weighted by Crippen LogP contribution is -2.39. The number of carbonyl (C=O) groups excluding carboxylic acids is 1. The van der Waals surface area contributed by atoms with E-state index in [2.05, 4.69) is 20.6 Å². The van der Waals surface area contributed by atoms with Gasteiger partial charge in [0.2, 0.25) is 11.7 Å². The number of carbonyl (C=O) groups is 1. The smallest absolute Gasteiger partial charge is 0.318 e. The molecule has 4 rings (SSSR count). The fraction of sp³-hybridized carbons (Fsp3) is 0.368. The maximum atomic E-state index is 12.6. The second-order valence-corrected chi connectivity index (χ2v) is 6.70. The summed E-state index contributed by atoms with van der Waals surface area (Å²) in [5.41, 5.74) is 2.77. The fourth-order valence-electron chi connectivity index (χ4n) is 3.37. The van der Waals surface area contributed by atoms with Gasteiger partial charge in [0.25, 0.3) is 0 Å². The molecule has 2 aromatic heterocycles. The predicted molar refractivity (Wildman–Crippen MR) is 96.6 cm³/mol. The fourth-order valence-corrected chi connectivity index (χ4v) is 3.37. The average molecular weight is 367 g/mol. The Hall–Kier alpha value is -3.16. The first kappa shape index (κ1) is 17.3. The molecule has 0 bridgehead atoms. The lowest BCUT2D eigenvalue weighted by Gasteiger charge is -2.22. The predicted octanol–water partition coefficient (Wildman–Crippen LogP) is 3.39. The average Bonchev–Trinajstić information content (AvgIpc) is 3.40. The Balaban J connectivity index is 1.40. The zero-order valence-corrected chi connectivity index (χ0v) is 15.3. The molecular formula is C19H21N5O3. The molecule has 0 aliphatic carbocycles. The van der Waals surface area contributed by atoms with E-state index < -0.39 is 0 Å². The van der Waals surface area contributed by atoms with Crippen LogP contribution in [0.1, 0.15) is 41.8 Å². The van der Waals surface area contributed by atoms with Crippen LogP contribution in [0.3, 0.4) is 0 Å². The second-order valence-electron chi connectivity index (χ2n) is 6.70. The minimum atomic E-state index is -0.172. The van der Waals surface area contributed by atoms with Crippen molar-refractivity contribution in [1.29, 1.82) is 0 Å². The molecule has 0 radical (unpaired) electrons. The first-order valence-corrected chi connectivity index (χ1v) is 8.98. The summed E-state index contributed by atoms with van der Waals surface area (Å²) in [6, 6.07) is 9.47. The summed E-state index contributed by atoms with van der Waals surface area (Å²) >= 11 is 0. The summed E-state index contributed by atoms with van der Waals surface area (Å²) in [6.07, 6.45) is 1.80. The lowest BCUT2D eigenvalue weighted by atomic mass is 10.1. The van der Waals surface area contributed by atoms with Gasteiger partial charge in [-0.15, -0.1) is 0 Å². The highest BCUT2D eigenvalue weighted by atomic mass is 16.5. The monoisotopic (exact) mass is 367 g/mol. The van der Waals surface area contributed by atoms with E-state index in [1.807, 2.05) is 44.2 Å². The number of hydrogen-bond acceptors (Lipinski definition) is 6. The van der Waals surface area contributed by atoms with Gasteiger partial charge >= 0.3 is 6.03 Å². The highest BCUT2D eigenvalue weighted by Crippen LogP contribution is 2.31. The highest BCUT2D eigenvalue weighted by molar-refractivity contribution is 5.75. The Morgan fingerprint density at radius 2 is 2.11 bits per heavy atom. The number of aryl methyl sites for hydroxylation is 2. The van der Waals surface area contributed by atoms with Crippen molar-refractivity contribution >= 4 is 6.03 Å². The van der Waals surface area contributed by atoms with E-state index in [0.29, 0.717) is 18.3 Å². The third kappa shape index (κ3) is 3.55. The van der Waals surface area contributed by atoms with E-state index in [0.717, 1.165) is 35.4 Å². The first-order chi connectivity index (χ1) is 13.1. The number of aromatic nitrogens is 3. The molecule has 1 aliphatic rings. The van der Waals surface area contributed by atoms with Crippen LogP contribution in [0.15, 0.2) is 39.4 Å². The van der Waals surface area contributed by atoms with Crippen molar-refractivity contribution in [2.24, 2.45) is 0 Å². The van der Waals surface area contributed by atoms with Crippen LogP contribution in [-0.2, 0) is 6.54 Å². The van der Waals surface area contributed by atoms with Crippen molar-refractivity contribution in [3.63, 3.8) is 0 Å². The summed E-state index contributed by atoms with van der Waals surface area (Å²) in [5, 5.41) is 10.9. The quantitative estimate of drug-likeness (QED) is 0.759. The number of amides is 2. The van der Waals surface area contributed by atoms with Crippen LogP contribution >= 0.6 is 0 Å². The molecule has 1 N–H and O–H groups in total. The Morgan fingerprint density at radius 1 is 1.26 bits per heavy atom. The van der Waals surface area contributed by atoms with Crippen LogP contribution in [0, 0.1) is 13.8 Å². The van der Waals surface area contributed by atoms with Gasteiger partial charge in [0.05, 0.1) is 12.6 Å². The first-order valence-electron chi connectivity index (χ1n) is 8.98. The number of nitrogens with one attached hydrogen (secondary N) is 1. The van der Waals surface area contributed by atoms with Gasteiger partial charge in [-0.05, 0) is 32.3 Å². The van der Waals surface area contributed by atoms with Crippen molar-refractivity contribution in [3.8, 4) is 11.4 Å². The van der Waals surface area contributed by atoms with Gasteiger partial charge in [-0.25, -0.2) is 4.79 Å². The highest BCUT2D eigenvalue weighted by Gasteiger charge is 2.32. The van der Waals surface area contributed by atoms with Gasteiger partial charge in [-0.1, -0.05) is 34.6 Å². The van der Waals surface area contributed by atoms with Crippen molar-refractivity contribution in [2.75, 3.05) is 6.54 Å². The largest absolute Gasteiger partial charge is 0.361 e. The molecule has 1 aromatic carbocycles. The van der Waals surface area contributed by atoms with Crippen molar-refractivity contribution in [3.05, 3.63) is 53.2 Å². The van der Waals surface area contributed by atoms with E-state index in [4.69, 9.17) is 9.05 Å². The maximum Gasteiger partial charge on any atom is 0.318 e. The number of nitrogens with zero attached hydrogens (tertiary/aromatic N) is 4. The molecule has 0 saturated carbocycles. The number of rotatable bonds is 4. The Morgan fingerprint density at radius 3 is 2.89 bits per heavy atom. The standard InChI is InChI=1S/C19H21N5O3/c1-12-6-3-4-7-14(12)18-21-17(27-23-18)11-20-19(25)24-9-5-8-16(24)15-10-13(2)26-22-15/h3-4,6-7,10,16H,5,8-9,11H2,1-2H3,(H,20,25). The lowest BCUT2D eigenvalue weighted by molar-refractivity contribution is 0.188. The van der Waals surface area contributed by atoms with Crippen LogP contribution in [-0.4, -0.2) is 32.8 Å². The van der Waals surface area contributed by atoms with E-state index in [1.54, 1.807) is 4.90 Å². The summed E-state index contributed by atoms with van der Waals surface area (Å²) in [6.45, 7) is 4.70. The van der Waals surface area contributed by atoms with Crippen molar-refractivity contribution < 1.29 is 13.8 Å². The Kier molecular flexibility index (Phi) is 4.62. The number of urea groups is 1.